The molecule has 98 valence electrons. The number of unbranched alkanes of at least 4 members (excludes halogenated alkanes) is 1. The first kappa shape index (κ1) is 13.0. The average molecular weight is 251 g/mol. The number of hydrogen-bond acceptors (Lipinski definition) is 3. The van der Waals surface area contributed by atoms with Crippen LogP contribution in [0.4, 0.5) is 4.39 Å². The van der Waals surface area contributed by atoms with Crippen molar-refractivity contribution in [2.24, 2.45) is 5.73 Å². The van der Waals surface area contributed by atoms with Gasteiger partial charge < -0.3 is 15.4 Å². The van der Waals surface area contributed by atoms with Gasteiger partial charge in [-0.1, -0.05) is 6.07 Å². The predicted octanol–water partition coefficient (Wildman–Crippen LogP) is 1.74. The van der Waals surface area contributed by atoms with Crippen molar-refractivity contribution in [1.29, 1.82) is 0 Å². The van der Waals surface area contributed by atoms with Crippen LogP contribution in [-0.4, -0.2) is 21.3 Å². The number of nitrogens with zero attached hydrogens (tertiary/aromatic N) is 2. The molecule has 0 amide bonds. The predicted molar refractivity (Wildman–Crippen MR) is 68.8 cm³/mol. The fourth-order valence-corrected chi connectivity index (χ4v) is 2.09. The van der Waals surface area contributed by atoms with Crippen molar-refractivity contribution in [3.63, 3.8) is 0 Å². The fraction of sp³-hybridized carbons (Fsp3) is 0.462. The van der Waals surface area contributed by atoms with Crippen LogP contribution in [0.15, 0.2) is 18.2 Å². The maximum Gasteiger partial charge on any atom is 0.135 e. The molecule has 1 aromatic heterocycles. The van der Waals surface area contributed by atoms with E-state index in [9.17, 15) is 9.50 Å². The van der Waals surface area contributed by atoms with Crippen LogP contribution >= 0.6 is 0 Å². The van der Waals surface area contributed by atoms with Gasteiger partial charge in [-0.15, -0.1) is 0 Å². The van der Waals surface area contributed by atoms with Gasteiger partial charge in [-0.2, -0.15) is 0 Å². The number of hydrogen-bond donors (Lipinski definition) is 2. The van der Waals surface area contributed by atoms with Crippen molar-refractivity contribution < 1.29 is 9.50 Å². The van der Waals surface area contributed by atoms with Crippen LogP contribution in [0.1, 0.15) is 24.2 Å². The smallest absolute Gasteiger partial charge is 0.135 e. The number of fused-ring (bicyclic) bond motifs is 1. The first-order valence-corrected chi connectivity index (χ1v) is 6.15. The Balaban J connectivity index is 2.36. The summed E-state index contributed by atoms with van der Waals surface area (Å²) in [5.41, 5.74) is 8.41. The Labute approximate surface area is 105 Å². The highest BCUT2D eigenvalue weighted by Crippen LogP contribution is 2.19. The standard InChI is InChI=1S/C13H18FN3O/c14-5-1-2-6-17-12-4-3-10(8-15)7-11(12)16-13(17)9-18/h3-4,7,18H,1-2,5-6,8-9,15H2. The average Bonchev–Trinajstić information content (AvgIpc) is 2.76. The van der Waals surface area contributed by atoms with Gasteiger partial charge in [0, 0.05) is 13.1 Å². The minimum atomic E-state index is -0.307. The molecule has 0 aliphatic rings. The summed E-state index contributed by atoms with van der Waals surface area (Å²) in [5.74, 6) is 0.623. The van der Waals surface area contributed by atoms with Crippen LogP contribution in [0.25, 0.3) is 11.0 Å². The number of nitrogens with two attached hydrogens (primary N) is 1. The molecule has 0 aliphatic carbocycles. The second-order valence-electron chi connectivity index (χ2n) is 4.26. The monoisotopic (exact) mass is 251 g/mol. The summed E-state index contributed by atoms with van der Waals surface area (Å²) in [4.78, 5) is 4.38. The van der Waals surface area contributed by atoms with E-state index in [1.54, 1.807) is 0 Å². The molecule has 0 fully saturated rings. The molecule has 0 bridgehead atoms. The first-order valence-electron chi connectivity index (χ1n) is 6.15. The SMILES string of the molecule is NCc1ccc2c(c1)nc(CO)n2CCCCF. The highest BCUT2D eigenvalue weighted by atomic mass is 19.1. The Bertz CT molecular complexity index is 524. The van der Waals surface area contributed by atoms with E-state index in [2.05, 4.69) is 4.98 Å². The van der Waals surface area contributed by atoms with Crippen molar-refractivity contribution >= 4 is 11.0 Å². The van der Waals surface area contributed by atoms with Crippen molar-refractivity contribution in [2.75, 3.05) is 6.67 Å². The van der Waals surface area contributed by atoms with Crippen LogP contribution in [0.2, 0.25) is 0 Å². The van der Waals surface area contributed by atoms with Gasteiger partial charge in [0.2, 0.25) is 0 Å². The van der Waals surface area contributed by atoms with E-state index in [-0.39, 0.29) is 13.3 Å². The van der Waals surface area contributed by atoms with Crippen molar-refractivity contribution in [3.8, 4) is 0 Å². The lowest BCUT2D eigenvalue weighted by atomic mass is 10.2. The van der Waals surface area contributed by atoms with E-state index < -0.39 is 0 Å². The van der Waals surface area contributed by atoms with E-state index in [1.807, 2.05) is 22.8 Å². The van der Waals surface area contributed by atoms with E-state index in [0.717, 1.165) is 23.0 Å². The molecule has 0 spiro atoms. The molecule has 18 heavy (non-hydrogen) atoms. The maximum atomic E-state index is 12.1. The highest BCUT2D eigenvalue weighted by molar-refractivity contribution is 5.76. The fourth-order valence-electron chi connectivity index (χ4n) is 2.09. The van der Waals surface area contributed by atoms with Crippen molar-refractivity contribution in [2.45, 2.75) is 32.5 Å². The molecule has 2 aromatic rings. The van der Waals surface area contributed by atoms with Gasteiger partial charge in [-0.3, -0.25) is 4.39 Å². The first-order chi connectivity index (χ1) is 8.80. The largest absolute Gasteiger partial charge is 0.388 e. The van der Waals surface area contributed by atoms with Gasteiger partial charge >= 0.3 is 0 Å². The molecular weight excluding hydrogens is 233 g/mol. The topological polar surface area (TPSA) is 64.1 Å². The third-order valence-corrected chi connectivity index (χ3v) is 3.03. The van der Waals surface area contributed by atoms with Gasteiger partial charge in [-0.25, -0.2) is 4.98 Å². The lowest BCUT2D eigenvalue weighted by molar-refractivity contribution is 0.265. The minimum Gasteiger partial charge on any atom is -0.388 e. The zero-order valence-corrected chi connectivity index (χ0v) is 10.3. The van der Waals surface area contributed by atoms with Crippen molar-refractivity contribution in [1.82, 2.24) is 9.55 Å². The van der Waals surface area contributed by atoms with Crippen LogP contribution in [0.3, 0.4) is 0 Å². The van der Waals surface area contributed by atoms with Gasteiger partial charge in [0.15, 0.2) is 0 Å². The zero-order valence-electron chi connectivity index (χ0n) is 10.3. The van der Waals surface area contributed by atoms with E-state index in [0.29, 0.717) is 25.3 Å². The minimum absolute atomic E-state index is 0.109. The molecule has 0 atom stereocenters. The van der Waals surface area contributed by atoms with Gasteiger partial charge in [-0.05, 0) is 30.5 Å². The number of aryl methyl sites for hydroxylation is 1. The Morgan fingerprint density at radius 2 is 2.17 bits per heavy atom. The quantitative estimate of drug-likeness (QED) is 0.769. The molecule has 1 aromatic carbocycles. The summed E-state index contributed by atoms with van der Waals surface area (Å²) in [5, 5.41) is 9.32. The van der Waals surface area contributed by atoms with Crippen LogP contribution in [-0.2, 0) is 19.7 Å². The molecule has 0 unspecified atom stereocenters. The molecular formula is C13H18FN3O. The molecule has 5 heteroatoms. The van der Waals surface area contributed by atoms with Gasteiger partial charge in [0.05, 0.1) is 17.7 Å². The van der Waals surface area contributed by atoms with E-state index >= 15 is 0 Å². The van der Waals surface area contributed by atoms with E-state index in [4.69, 9.17) is 5.73 Å². The van der Waals surface area contributed by atoms with Crippen LogP contribution in [0, 0.1) is 0 Å². The summed E-state index contributed by atoms with van der Waals surface area (Å²) >= 11 is 0. The van der Waals surface area contributed by atoms with Gasteiger partial charge in [0.25, 0.3) is 0 Å². The van der Waals surface area contributed by atoms with Crippen LogP contribution < -0.4 is 5.73 Å². The number of imidazole rings is 1. The second-order valence-corrected chi connectivity index (χ2v) is 4.26. The molecule has 0 aliphatic heterocycles. The Morgan fingerprint density at radius 3 is 2.83 bits per heavy atom. The molecule has 3 N–H and O–H groups in total. The third kappa shape index (κ3) is 2.52. The maximum absolute atomic E-state index is 12.1. The molecule has 4 nitrogen and oxygen atoms in total. The summed E-state index contributed by atoms with van der Waals surface area (Å²) in [6.07, 6.45) is 1.28. The Kier molecular flexibility index (Phi) is 4.28. The normalized spacial score (nSPS) is 11.3. The number of aromatic nitrogens is 2. The second kappa shape index (κ2) is 5.93. The number of rotatable bonds is 6. The number of alkyl halides is 1. The number of benzene rings is 1. The van der Waals surface area contributed by atoms with Crippen molar-refractivity contribution in [3.05, 3.63) is 29.6 Å². The molecule has 2 rings (SSSR count). The number of halogens is 1. The van der Waals surface area contributed by atoms with Gasteiger partial charge in [0.1, 0.15) is 12.4 Å². The highest BCUT2D eigenvalue weighted by Gasteiger charge is 2.09. The summed E-state index contributed by atoms with van der Waals surface area (Å²) in [6.45, 7) is 0.734. The summed E-state index contributed by atoms with van der Waals surface area (Å²) in [6, 6.07) is 5.84. The molecule has 0 saturated heterocycles. The zero-order chi connectivity index (χ0) is 13.0. The van der Waals surface area contributed by atoms with Crippen LogP contribution in [0.5, 0.6) is 0 Å². The molecule has 0 radical (unpaired) electrons. The summed E-state index contributed by atoms with van der Waals surface area (Å²) in [7, 11) is 0. The van der Waals surface area contributed by atoms with E-state index in [1.165, 1.54) is 0 Å². The number of aliphatic hydroxyl groups is 1. The molecule has 1 heterocycles. The Hall–Kier alpha value is -1.46. The third-order valence-electron chi connectivity index (χ3n) is 3.03. The lowest BCUT2D eigenvalue weighted by Crippen LogP contribution is -2.04. The lowest BCUT2D eigenvalue weighted by Gasteiger charge is -2.07. The molecule has 0 saturated carbocycles. The Morgan fingerprint density at radius 1 is 1.33 bits per heavy atom. The summed E-state index contributed by atoms with van der Waals surface area (Å²) < 4.78 is 14.1. The number of aliphatic hydroxyl groups excluding tert-OH is 1.